The van der Waals surface area contributed by atoms with E-state index in [0.29, 0.717) is 11.6 Å². The van der Waals surface area contributed by atoms with Crippen molar-refractivity contribution < 1.29 is 9.72 Å². The van der Waals surface area contributed by atoms with E-state index in [1.165, 1.54) is 28.8 Å². The van der Waals surface area contributed by atoms with E-state index in [4.69, 9.17) is 0 Å². The fourth-order valence-corrected chi connectivity index (χ4v) is 3.54. The number of anilines is 1. The van der Waals surface area contributed by atoms with Crippen molar-refractivity contribution in [2.24, 2.45) is 0 Å². The molecule has 2 heterocycles. The monoisotopic (exact) mass is 389 g/mol. The molecule has 1 amide bonds. The van der Waals surface area contributed by atoms with Gasteiger partial charge in [0.25, 0.3) is 5.69 Å². The molecule has 0 bridgehead atoms. The van der Waals surface area contributed by atoms with Gasteiger partial charge in [-0.15, -0.1) is 16.4 Å². The average Bonchev–Trinajstić information content (AvgIpc) is 3.27. The molecule has 0 saturated carbocycles. The van der Waals surface area contributed by atoms with Gasteiger partial charge in [-0.1, -0.05) is 23.9 Å². The molecule has 3 aromatic rings. The first-order valence-electron chi connectivity index (χ1n) is 7.62. The molecule has 134 valence electrons. The number of H-pyrrole nitrogens is 1. The highest BCUT2D eigenvalue weighted by atomic mass is 32.2. The van der Waals surface area contributed by atoms with Crippen LogP contribution >= 0.6 is 23.1 Å². The number of thioether (sulfide) groups is 1. The van der Waals surface area contributed by atoms with Crippen molar-refractivity contribution in [2.75, 3.05) is 11.1 Å². The Labute approximate surface area is 157 Å². The maximum Gasteiger partial charge on any atom is 0.293 e. The third kappa shape index (κ3) is 4.67. The fourth-order valence-electron chi connectivity index (χ4n) is 2.21. The number of aryl methyl sites for hydroxylation is 1. The number of nitrogens with zero attached hydrogens (tertiary/aromatic N) is 3. The van der Waals surface area contributed by atoms with Gasteiger partial charge in [-0.2, -0.15) is 0 Å². The van der Waals surface area contributed by atoms with Crippen molar-refractivity contribution in [2.45, 2.75) is 18.5 Å². The van der Waals surface area contributed by atoms with Crippen LogP contribution in [0, 0.1) is 17.0 Å². The second kappa shape index (κ2) is 8.11. The number of thiophene rings is 1. The number of carbonyl (C=O) groups is 1. The van der Waals surface area contributed by atoms with Crippen LogP contribution < -0.4 is 5.32 Å². The molecule has 0 atom stereocenters. The lowest BCUT2D eigenvalue weighted by Crippen LogP contribution is -2.15. The summed E-state index contributed by atoms with van der Waals surface area (Å²) in [6, 6.07) is 8.65. The zero-order valence-electron chi connectivity index (χ0n) is 13.8. The maximum absolute atomic E-state index is 12.1. The van der Waals surface area contributed by atoms with Gasteiger partial charge in [0, 0.05) is 17.4 Å². The fraction of sp³-hybridized carbons (Fsp3) is 0.188. The molecule has 2 aromatic heterocycles. The lowest BCUT2D eigenvalue weighted by atomic mass is 10.2. The molecule has 0 radical (unpaired) electrons. The Morgan fingerprint density at radius 2 is 2.27 bits per heavy atom. The molecule has 1 aromatic carbocycles. The van der Waals surface area contributed by atoms with Crippen LogP contribution in [0.2, 0.25) is 0 Å². The highest BCUT2D eigenvalue weighted by Gasteiger charge is 2.16. The summed E-state index contributed by atoms with van der Waals surface area (Å²) >= 11 is 2.80. The van der Waals surface area contributed by atoms with Crippen LogP contribution in [0.4, 0.5) is 11.4 Å². The number of aromatic nitrogens is 3. The number of carbonyl (C=O) groups excluding carboxylic acids is 1. The quantitative estimate of drug-likeness (QED) is 0.364. The van der Waals surface area contributed by atoms with Crippen LogP contribution in [0.1, 0.15) is 16.3 Å². The van der Waals surface area contributed by atoms with Gasteiger partial charge in [-0.3, -0.25) is 20.0 Å². The molecule has 10 heteroatoms. The summed E-state index contributed by atoms with van der Waals surface area (Å²) in [6.07, 6.45) is 0.660. The summed E-state index contributed by atoms with van der Waals surface area (Å²) in [6.45, 7) is 1.76. The van der Waals surface area contributed by atoms with Crippen LogP contribution in [0.5, 0.6) is 0 Å². The van der Waals surface area contributed by atoms with Crippen molar-refractivity contribution >= 4 is 40.4 Å². The molecule has 0 aliphatic heterocycles. The molecule has 0 unspecified atom stereocenters. The predicted octanol–water partition coefficient (Wildman–Crippen LogP) is 3.40. The molecule has 8 nitrogen and oxygen atoms in total. The van der Waals surface area contributed by atoms with Crippen molar-refractivity contribution in [1.82, 2.24) is 15.2 Å². The zero-order valence-corrected chi connectivity index (χ0v) is 15.4. The zero-order chi connectivity index (χ0) is 18.5. The molecular formula is C16H15N5O3S2. The molecule has 3 rings (SSSR count). The summed E-state index contributed by atoms with van der Waals surface area (Å²) < 4.78 is 0. The summed E-state index contributed by atoms with van der Waals surface area (Å²) in [5.41, 5.74) is 0.808. The van der Waals surface area contributed by atoms with Gasteiger partial charge in [-0.25, -0.2) is 4.98 Å². The Balaban J connectivity index is 1.56. The first-order chi connectivity index (χ1) is 12.5. The van der Waals surface area contributed by atoms with Crippen LogP contribution in [-0.2, 0) is 11.2 Å². The Hall–Kier alpha value is -2.72. The number of nitro benzene ring substituents is 1. The normalized spacial score (nSPS) is 10.7. The van der Waals surface area contributed by atoms with Gasteiger partial charge < -0.3 is 5.32 Å². The highest BCUT2D eigenvalue weighted by molar-refractivity contribution is 7.99. The highest BCUT2D eigenvalue weighted by Crippen LogP contribution is 2.25. The van der Waals surface area contributed by atoms with Crippen LogP contribution in [0.3, 0.4) is 0 Å². The smallest absolute Gasteiger partial charge is 0.293 e. The molecular weight excluding hydrogens is 374 g/mol. The van der Waals surface area contributed by atoms with E-state index in [9.17, 15) is 14.9 Å². The standard InChI is InChI=1S/C16H15N5O3S2/c1-10-4-5-12(13(7-10)21(23)24)17-15(22)9-26-16-18-14(19-20-16)8-11-3-2-6-25-11/h2-7H,8-9H2,1H3,(H,17,22)(H,18,19,20). The Kier molecular flexibility index (Phi) is 5.64. The summed E-state index contributed by atoms with van der Waals surface area (Å²) in [7, 11) is 0. The third-order valence-corrected chi connectivity index (χ3v) is 5.11. The second-order valence-corrected chi connectivity index (χ2v) is 7.41. The van der Waals surface area contributed by atoms with E-state index in [-0.39, 0.29) is 23.0 Å². The lowest BCUT2D eigenvalue weighted by Gasteiger charge is -2.05. The van der Waals surface area contributed by atoms with Crippen molar-refractivity contribution in [3.05, 3.63) is 62.1 Å². The molecule has 26 heavy (non-hydrogen) atoms. The van der Waals surface area contributed by atoms with Gasteiger partial charge in [0.05, 0.1) is 10.7 Å². The van der Waals surface area contributed by atoms with Crippen LogP contribution in [-0.4, -0.2) is 31.8 Å². The minimum atomic E-state index is -0.512. The number of hydrogen-bond donors (Lipinski definition) is 2. The van der Waals surface area contributed by atoms with Crippen molar-refractivity contribution in [3.63, 3.8) is 0 Å². The van der Waals surface area contributed by atoms with Crippen LogP contribution in [0.25, 0.3) is 0 Å². The Morgan fingerprint density at radius 1 is 1.42 bits per heavy atom. The largest absolute Gasteiger partial charge is 0.320 e. The third-order valence-electron chi connectivity index (χ3n) is 3.39. The molecule has 2 N–H and O–H groups in total. The first kappa shape index (κ1) is 18.1. The van der Waals surface area contributed by atoms with E-state index in [1.807, 2.05) is 17.5 Å². The van der Waals surface area contributed by atoms with Crippen molar-refractivity contribution in [1.29, 1.82) is 0 Å². The van der Waals surface area contributed by atoms with E-state index >= 15 is 0 Å². The predicted molar refractivity (Wildman–Crippen MR) is 101 cm³/mol. The number of aromatic amines is 1. The van der Waals surface area contributed by atoms with E-state index in [0.717, 1.165) is 11.4 Å². The van der Waals surface area contributed by atoms with Gasteiger partial charge in [0.15, 0.2) is 0 Å². The lowest BCUT2D eigenvalue weighted by molar-refractivity contribution is -0.384. The first-order valence-corrected chi connectivity index (χ1v) is 9.49. The average molecular weight is 389 g/mol. The van der Waals surface area contributed by atoms with Gasteiger partial charge in [0.2, 0.25) is 11.1 Å². The van der Waals surface area contributed by atoms with Crippen LogP contribution in [0.15, 0.2) is 40.9 Å². The van der Waals surface area contributed by atoms with Gasteiger partial charge in [0.1, 0.15) is 11.5 Å². The van der Waals surface area contributed by atoms with E-state index < -0.39 is 4.92 Å². The summed E-state index contributed by atoms with van der Waals surface area (Å²) in [5, 5.41) is 23.0. The molecule has 0 aliphatic rings. The van der Waals surface area contributed by atoms with E-state index in [2.05, 4.69) is 20.5 Å². The SMILES string of the molecule is Cc1ccc(NC(=O)CSc2n[nH]c(Cc3cccs3)n2)c([N+](=O)[O-])c1. The number of rotatable bonds is 7. The number of benzene rings is 1. The number of amides is 1. The Bertz CT molecular complexity index is 924. The topological polar surface area (TPSA) is 114 Å². The summed E-state index contributed by atoms with van der Waals surface area (Å²) in [5.74, 6) is 0.428. The van der Waals surface area contributed by atoms with E-state index in [1.54, 1.807) is 24.3 Å². The van der Waals surface area contributed by atoms with Gasteiger partial charge >= 0.3 is 0 Å². The number of nitro groups is 1. The van der Waals surface area contributed by atoms with Crippen molar-refractivity contribution in [3.8, 4) is 0 Å². The molecule has 0 aliphatic carbocycles. The second-order valence-electron chi connectivity index (χ2n) is 5.44. The minimum absolute atomic E-state index is 0.0569. The summed E-state index contributed by atoms with van der Waals surface area (Å²) in [4.78, 5) is 28.2. The number of hydrogen-bond acceptors (Lipinski definition) is 7. The Morgan fingerprint density at radius 3 is 3.00 bits per heavy atom. The maximum atomic E-state index is 12.1. The molecule has 0 saturated heterocycles. The molecule has 0 spiro atoms. The molecule has 0 fully saturated rings. The number of nitrogens with one attached hydrogen (secondary N) is 2. The minimum Gasteiger partial charge on any atom is -0.320 e. The van der Waals surface area contributed by atoms with Gasteiger partial charge in [-0.05, 0) is 30.0 Å².